The van der Waals surface area contributed by atoms with Gasteiger partial charge in [0.15, 0.2) is 5.78 Å². The molecule has 0 unspecified atom stereocenters. The zero-order valence-corrected chi connectivity index (χ0v) is 12.5. The molecule has 2 aromatic carbocycles. The quantitative estimate of drug-likeness (QED) is 0.350. The van der Waals surface area contributed by atoms with Crippen LogP contribution in [0.5, 0.6) is 0 Å². The summed E-state index contributed by atoms with van der Waals surface area (Å²) < 4.78 is 0. The molecule has 112 valence electrons. The van der Waals surface area contributed by atoms with E-state index in [0.717, 1.165) is 0 Å². The number of benzene rings is 2. The van der Waals surface area contributed by atoms with E-state index in [1.165, 1.54) is 23.8 Å². The minimum Gasteiger partial charge on any atom is -0.289 e. The fourth-order valence-electron chi connectivity index (χ4n) is 2.04. The minimum atomic E-state index is -0.455. The van der Waals surface area contributed by atoms with E-state index in [-0.39, 0.29) is 11.5 Å². The van der Waals surface area contributed by atoms with Crippen molar-refractivity contribution in [1.29, 1.82) is 0 Å². The molecule has 0 N–H and O–H groups in total. The molecule has 0 spiro atoms. The van der Waals surface area contributed by atoms with Crippen LogP contribution in [0, 0.1) is 10.1 Å². The van der Waals surface area contributed by atoms with Gasteiger partial charge in [-0.2, -0.15) is 0 Å². The van der Waals surface area contributed by atoms with E-state index in [1.807, 2.05) is 12.1 Å². The van der Waals surface area contributed by atoms with Gasteiger partial charge in [-0.3, -0.25) is 14.9 Å². The van der Waals surface area contributed by atoms with Gasteiger partial charge in [-0.15, -0.1) is 0 Å². The van der Waals surface area contributed by atoms with Crippen molar-refractivity contribution >= 4 is 17.5 Å². The molecular weight excluding hydrogens is 278 g/mol. The van der Waals surface area contributed by atoms with Gasteiger partial charge in [0.25, 0.3) is 5.69 Å². The fraction of sp³-hybridized carbons (Fsp3) is 0.167. The maximum absolute atomic E-state index is 12.1. The molecule has 0 aliphatic heterocycles. The highest BCUT2D eigenvalue weighted by Crippen LogP contribution is 2.17. The summed E-state index contributed by atoms with van der Waals surface area (Å²) in [6.45, 7) is 4.19. The monoisotopic (exact) mass is 295 g/mol. The lowest BCUT2D eigenvalue weighted by Gasteiger charge is -2.05. The Morgan fingerprint density at radius 1 is 1.14 bits per heavy atom. The fourth-order valence-corrected chi connectivity index (χ4v) is 2.04. The smallest absolute Gasteiger partial charge is 0.270 e. The molecule has 0 radical (unpaired) electrons. The standard InChI is InChI=1S/C18H17NO3/c1-13(2)15-7-9-16(10-8-15)18(20)11-6-14-4-3-5-17(12-14)19(21)22/h3-13H,1-2H3/b11-6+. The van der Waals surface area contributed by atoms with Crippen molar-refractivity contribution in [2.45, 2.75) is 19.8 Å². The molecular formula is C18H17NO3. The second-order valence-corrected chi connectivity index (χ2v) is 5.33. The van der Waals surface area contributed by atoms with Gasteiger partial charge in [0.05, 0.1) is 4.92 Å². The number of nitro benzene ring substituents is 1. The first kappa shape index (κ1) is 15.6. The Morgan fingerprint density at radius 2 is 1.82 bits per heavy atom. The van der Waals surface area contributed by atoms with Crippen LogP contribution >= 0.6 is 0 Å². The SMILES string of the molecule is CC(C)c1ccc(C(=O)/C=C/c2cccc([N+](=O)[O-])c2)cc1. The van der Waals surface area contributed by atoms with Crippen LogP contribution in [0.4, 0.5) is 5.69 Å². The summed E-state index contributed by atoms with van der Waals surface area (Å²) in [5, 5.41) is 10.7. The van der Waals surface area contributed by atoms with Gasteiger partial charge in [-0.05, 0) is 23.1 Å². The molecule has 0 atom stereocenters. The molecule has 0 aliphatic rings. The van der Waals surface area contributed by atoms with Crippen LogP contribution in [-0.4, -0.2) is 10.7 Å². The summed E-state index contributed by atoms with van der Waals surface area (Å²) in [6.07, 6.45) is 3.02. The lowest BCUT2D eigenvalue weighted by molar-refractivity contribution is -0.384. The maximum Gasteiger partial charge on any atom is 0.270 e. The summed E-state index contributed by atoms with van der Waals surface area (Å²) in [5.41, 5.74) is 2.42. The van der Waals surface area contributed by atoms with Gasteiger partial charge < -0.3 is 0 Å². The minimum absolute atomic E-state index is 0.0101. The van der Waals surface area contributed by atoms with E-state index in [1.54, 1.807) is 30.3 Å². The number of allylic oxidation sites excluding steroid dienone is 1. The summed E-state index contributed by atoms with van der Waals surface area (Å²) in [5.74, 6) is 0.298. The maximum atomic E-state index is 12.1. The number of non-ortho nitro benzene ring substituents is 1. The third kappa shape index (κ3) is 3.88. The van der Waals surface area contributed by atoms with Crippen molar-refractivity contribution in [3.8, 4) is 0 Å². The van der Waals surface area contributed by atoms with E-state index >= 15 is 0 Å². The normalized spacial score (nSPS) is 11.0. The van der Waals surface area contributed by atoms with Crippen LogP contribution in [0.15, 0.2) is 54.6 Å². The number of nitrogens with zero attached hydrogens (tertiary/aromatic N) is 1. The van der Waals surface area contributed by atoms with Crippen LogP contribution in [0.25, 0.3) is 6.08 Å². The van der Waals surface area contributed by atoms with Crippen LogP contribution in [0.1, 0.15) is 41.3 Å². The molecule has 22 heavy (non-hydrogen) atoms. The molecule has 4 nitrogen and oxygen atoms in total. The Bertz CT molecular complexity index is 715. The van der Waals surface area contributed by atoms with Crippen LogP contribution in [-0.2, 0) is 0 Å². The molecule has 0 saturated heterocycles. The topological polar surface area (TPSA) is 60.2 Å². The van der Waals surface area contributed by atoms with Crippen molar-refractivity contribution < 1.29 is 9.72 Å². The number of carbonyl (C=O) groups is 1. The Balaban J connectivity index is 2.14. The molecule has 2 aromatic rings. The first-order valence-electron chi connectivity index (χ1n) is 7.04. The summed E-state index contributed by atoms with van der Waals surface area (Å²) in [7, 11) is 0. The Labute approximate surface area is 129 Å². The van der Waals surface area contributed by atoms with Crippen molar-refractivity contribution in [2.24, 2.45) is 0 Å². The lowest BCUT2D eigenvalue weighted by Crippen LogP contribution is -1.95. The molecule has 0 fully saturated rings. The van der Waals surface area contributed by atoms with E-state index in [4.69, 9.17) is 0 Å². The van der Waals surface area contributed by atoms with Crippen molar-refractivity contribution in [3.63, 3.8) is 0 Å². The van der Waals surface area contributed by atoms with Crippen molar-refractivity contribution in [2.75, 3.05) is 0 Å². The second-order valence-electron chi connectivity index (χ2n) is 5.33. The van der Waals surface area contributed by atoms with E-state index in [9.17, 15) is 14.9 Å². The predicted molar refractivity (Wildman–Crippen MR) is 87.0 cm³/mol. The van der Waals surface area contributed by atoms with Crippen molar-refractivity contribution in [3.05, 3.63) is 81.4 Å². The average Bonchev–Trinajstić information content (AvgIpc) is 2.53. The molecule has 0 saturated carbocycles. The third-order valence-corrected chi connectivity index (χ3v) is 3.37. The van der Waals surface area contributed by atoms with Crippen LogP contribution in [0.2, 0.25) is 0 Å². The predicted octanol–water partition coefficient (Wildman–Crippen LogP) is 4.61. The molecule has 0 bridgehead atoms. The van der Waals surface area contributed by atoms with Gasteiger partial charge in [0.2, 0.25) is 0 Å². The Kier molecular flexibility index (Phi) is 4.84. The first-order valence-corrected chi connectivity index (χ1v) is 7.04. The average molecular weight is 295 g/mol. The van der Waals surface area contributed by atoms with E-state index in [0.29, 0.717) is 17.0 Å². The number of hydrogen-bond acceptors (Lipinski definition) is 3. The van der Waals surface area contributed by atoms with E-state index < -0.39 is 4.92 Å². The van der Waals surface area contributed by atoms with Gasteiger partial charge in [0.1, 0.15) is 0 Å². The largest absolute Gasteiger partial charge is 0.289 e. The highest BCUT2D eigenvalue weighted by molar-refractivity contribution is 6.06. The van der Waals surface area contributed by atoms with Gasteiger partial charge >= 0.3 is 0 Å². The summed E-state index contributed by atoms with van der Waals surface area (Å²) in [4.78, 5) is 22.4. The Hall–Kier alpha value is -2.75. The molecule has 0 aliphatic carbocycles. The van der Waals surface area contributed by atoms with Crippen LogP contribution in [0.3, 0.4) is 0 Å². The second kappa shape index (κ2) is 6.80. The number of carbonyl (C=O) groups excluding carboxylic acids is 1. The van der Waals surface area contributed by atoms with Gasteiger partial charge in [-0.25, -0.2) is 0 Å². The number of ketones is 1. The van der Waals surface area contributed by atoms with Gasteiger partial charge in [0, 0.05) is 17.7 Å². The third-order valence-electron chi connectivity index (χ3n) is 3.37. The molecule has 4 heteroatoms. The summed E-state index contributed by atoms with van der Waals surface area (Å²) >= 11 is 0. The zero-order chi connectivity index (χ0) is 16.1. The number of hydrogen-bond donors (Lipinski definition) is 0. The zero-order valence-electron chi connectivity index (χ0n) is 12.5. The molecule has 2 rings (SSSR count). The van der Waals surface area contributed by atoms with Gasteiger partial charge in [-0.1, -0.05) is 56.3 Å². The summed E-state index contributed by atoms with van der Waals surface area (Å²) in [6, 6.07) is 13.7. The van der Waals surface area contributed by atoms with E-state index in [2.05, 4.69) is 13.8 Å². The number of rotatable bonds is 5. The highest BCUT2D eigenvalue weighted by atomic mass is 16.6. The van der Waals surface area contributed by atoms with Crippen LogP contribution < -0.4 is 0 Å². The first-order chi connectivity index (χ1) is 10.5. The number of nitro groups is 1. The highest BCUT2D eigenvalue weighted by Gasteiger charge is 2.06. The van der Waals surface area contributed by atoms with Crippen molar-refractivity contribution in [1.82, 2.24) is 0 Å². The molecule has 0 heterocycles. The molecule has 0 aromatic heterocycles. The Morgan fingerprint density at radius 3 is 2.41 bits per heavy atom. The molecule has 0 amide bonds. The lowest BCUT2D eigenvalue weighted by atomic mass is 10.0.